The highest BCUT2D eigenvalue weighted by Gasteiger charge is 2.56. The van der Waals surface area contributed by atoms with E-state index < -0.39 is 117 Å². The summed E-state index contributed by atoms with van der Waals surface area (Å²) in [5, 5.41) is 55.7. The molecule has 3 aliphatic heterocycles. The van der Waals surface area contributed by atoms with E-state index in [1.165, 1.54) is 33.3 Å². The highest BCUT2D eigenvalue weighted by Crippen LogP contribution is 2.46. The number of hydrogen-bond acceptors (Lipinski definition) is 18. The predicted octanol–water partition coefficient (Wildman–Crippen LogP) is 3.79. The van der Waals surface area contributed by atoms with Crippen molar-refractivity contribution in [3.05, 3.63) is 36.2 Å². The van der Waals surface area contributed by atoms with Crippen molar-refractivity contribution in [3.8, 4) is 5.75 Å². The van der Waals surface area contributed by atoms with Crippen LogP contribution in [0.15, 0.2) is 35.4 Å². The number of hydrogen-bond donors (Lipinski definition) is 4. The Balaban J connectivity index is 1.40. The molecule has 2 aromatic rings. The van der Waals surface area contributed by atoms with E-state index in [1.54, 1.807) is 58.4 Å². The Morgan fingerprint density at radius 1 is 0.915 bits per heavy atom. The number of cyclic esters (lactones) is 1. The number of ether oxygens (including phenoxy) is 7. The first-order valence-electron chi connectivity index (χ1n) is 25.2. The molecule has 0 radical (unpaired) electrons. The lowest BCUT2D eigenvalue weighted by molar-refractivity contribution is -0.305. The van der Waals surface area contributed by atoms with Crippen LogP contribution < -0.4 is 4.74 Å². The normalized spacial score (nSPS) is 39.2. The molecule has 0 aliphatic carbocycles. The van der Waals surface area contributed by atoms with Crippen molar-refractivity contribution in [1.29, 1.82) is 0 Å². The van der Waals surface area contributed by atoms with Crippen molar-refractivity contribution in [2.24, 2.45) is 29.6 Å². The van der Waals surface area contributed by atoms with Crippen molar-refractivity contribution < 1.29 is 71.6 Å². The van der Waals surface area contributed by atoms with Gasteiger partial charge in [0, 0.05) is 82.8 Å². The average Bonchev–Trinajstić information content (AvgIpc) is 3.79. The summed E-state index contributed by atoms with van der Waals surface area (Å²) >= 11 is 0. The van der Waals surface area contributed by atoms with E-state index in [1.807, 2.05) is 34.0 Å². The molecule has 404 valence electrons. The molecule has 3 aliphatic rings. The molecule has 1 aromatic carbocycles. The number of likely N-dealkylation sites (N-methyl/N-ethyl adjacent to an activating group) is 1. The van der Waals surface area contributed by atoms with E-state index in [0.29, 0.717) is 44.7 Å². The molecule has 5 rings (SSSR count). The van der Waals surface area contributed by atoms with Gasteiger partial charge in [0.2, 0.25) is 0 Å². The van der Waals surface area contributed by atoms with Crippen LogP contribution in [-0.4, -0.2) is 179 Å². The standard InChI is InChI=1S/C51H84N4O15S/c1-15-40-51(10,61)44(58)33(6)42(56)29(2)26-50(9,65-13)46(31(4)41(32(5)47(60)69-40)39-27-49(8,64-12)45(59)34(7)68-39)70-48-43(57)38(25-30(3)67-48)54(11)23-21-35-28-55(53-52-35)22-16-24-66-36-17-19-37(20-18-36)71(14,62)63/h17-20,28-34,38-41,43-46,48,57-59,61H,15-16,21-27H2,1-14H3/t29-,30-,31+,32-,33+,34+,38+,39?,40-,41+,43-,44-,45+,46-,48+,49-,50-,51-/m1/s1. The third-order valence-electron chi connectivity index (χ3n) is 15.9. The van der Waals surface area contributed by atoms with Crippen LogP contribution in [0.5, 0.6) is 5.75 Å². The van der Waals surface area contributed by atoms with Gasteiger partial charge in [0.05, 0.1) is 64.8 Å². The lowest BCUT2D eigenvalue weighted by Gasteiger charge is -2.52. The van der Waals surface area contributed by atoms with Gasteiger partial charge < -0.3 is 58.5 Å². The van der Waals surface area contributed by atoms with E-state index in [2.05, 4.69) is 15.2 Å². The van der Waals surface area contributed by atoms with Gasteiger partial charge in [0.25, 0.3) is 0 Å². The molecule has 20 heteroatoms. The summed E-state index contributed by atoms with van der Waals surface area (Å²) in [5.74, 6) is -4.53. The summed E-state index contributed by atoms with van der Waals surface area (Å²) < 4.78 is 69.7. The molecule has 0 spiro atoms. The van der Waals surface area contributed by atoms with Gasteiger partial charge in [0.1, 0.15) is 35.4 Å². The number of rotatable bonds is 16. The van der Waals surface area contributed by atoms with Crippen LogP contribution in [0.4, 0.5) is 0 Å². The van der Waals surface area contributed by atoms with Crippen molar-refractivity contribution in [1.82, 2.24) is 19.9 Å². The lowest BCUT2D eigenvalue weighted by atomic mass is 9.67. The molecule has 0 saturated carbocycles. The number of sulfone groups is 1. The number of aromatic nitrogens is 3. The fourth-order valence-corrected chi connectivity index (χ4v) is 11.9. The average molecular weight is 1030 g/mol. The van der Waals surface area contributed by atoms with Crippen LogP contribution in [-0.2, 0) is 60.8 Å². The second-order valence-electron chi connectivity index (χ2n) is 21.4. The molecule has 1 unspecified atom stereocenters. The molecule has 71 heavy (non-hydrogen) atoms. The smallest absolute Gasteiger partial charge is 0.309 e. The van der Waals surface area contributed by atoms with E-state index >= 15 is 0 Å². The summed E-state index contributed by atoms with van der Waals surface area (Å²) in [6.07, 6.45) is -3.79. The Morgan fingerprint density at radius 2 is 1.56 bits per heavy atom. The van der Waals surface area contributed by atoms with Gasteiger partial charge in [-0.05, 0) is 91.1 Å². The SMILES string of the molecule is CC[C@H]1OC(=O)[C@H](C)[C@@H](C2C[C@@](C)(OC)[C@@H](O)[C@H](C)O2)[C@H](C)[C@@H](O[C@@H]2O[C@H](C)C[C@H](N(C)CCc3cn(CCCOc4ccc(S(C)(=O)=O)cc4)nn3)[C@H]2O)[C@](C)(OC)C[C@@H](C)C(=O)[C@H](C)[C@@H](O)[C@]1(C)O. The van der Waals surface area contributed by atoms with Gasteiger partial charge in [0.15, 0.2) is 16.1 Å². The molecule has 1 aromatic heterocycles. The predicted molar refractivity (Wildman–Crippen MR) is 262 cm³/mol. The number of carbonyl (C=O) groups excluding carboxylic acids is 2. The van der Waals surface area contributed by atoms with Crippen LogP contribution in [0.25, 0.3) is 0 Å². The Hall–Kier alpha value is -3.15. The van der Waals surface area contributed by atoms with Crippen LogP contribution >= 0.6 is 0 Å². The second-order valence-corrected chi connectivity index (χ2v) is 23.4. The summed E-state index contributed by atoms with van der Waals surface area (Å²) in [5.41, 5.74) is -3.59. The van der Waals surface area contributed by atoms with Crippen molar-refractivity contribution >= 4 is 21.6 Å². The Labute approximate surface area is 421 Å². The molecule has 3 saturated heterocycles. The minimum atomic E-state index is -3.30. The largest absolute Gasteiger partial charge is 0.494 e. The van der Waals surface area contributed by atoms with Crippen molar-refractivity contribution in [3.63, 3.8) is 0 Å². The summed E-state index contributed by atoms with van der Waals surface area (Å²) in [6.45, 7) is 18.8. The first-order valence-corrected chi connectivity index (χ1v) is 27.1. The highest BCUT2D eigenvalue weighted by molar-refractivity contribution is 7.90. The monoisotopic (exact) mass is 1020 g/mol. The number of benzene rings is 1. The topological polar surface area (TPSA) is 248 Å². The molecule has 3 fully saturated rings. The van der Waals surface area contributed by atoms with Gasteiger partial charge in [-0.2, -0.15) is 0 Å². The fourth-order valence-electron chi connectivity index (χ4n) is 11.3. The number of aliphatic hydroxyl groups excluding tert-OH is 3. The number of Topliss-reactive ketones (excluding diaryl/α,β-unsaturated/α-hetero) is 1. The molecular formula is C51H84N4O15S. The quantitative estimate of drug-likeness (QED) is 0.138. The zero-order valence-electron chi connectivity index (χ0n) is 44.4. The van der Waals surface area contributed by atoms with Crippen LogP contribution in [0.1, 0.15) is 107 Å². The molecule has 4 heterocycles. The number of methoxy groups -OCH3 is 2. The Morgan fingerprint density at radius 3 is 2.17 bits per heavy atom. The molecule has 4 N–H and O–H groups in total. The maximum Gasteiger partial charge on any atom is 0.309 e. The first kappa shape index (κ1) is 58.7. The number of esters is 1. The molecule has 18 atom stereocenters. The minimum absolute atomic E-state index is 0.0895. The summed E-state index contributed by atoms with van der Waals surface area (Å²) in [7, 11) is 1.67. The number of aliphatic hydroxyl groups is 4. The zero-order chi connectivity index (χ0) is 53.0. The second kappa shape index (κ2) is 24.0. The maximum absolute atomic E-state index is 14.6. The summed E-state index contributed by atoms with van der Waals surface area (Å²) in [6, 6.07) is 5.87. The van der Waals surface area contributed by atoms with E-state index in [-0.39, 0.29) is 36.0 Å². The van der Waals surface area contributed by atoms with Crippen LogP contribution in [0.2, 0.25) is 0 Å². The van der Waals surface area contributed by atoms with Gasteiger partial charge >= 0.3 is 5.97 Å². The number of ketones is 1. The third kappa shape index (κ3) is 13.6. The van der Waals surface area contributed by atoms with Crippen LogP contribution in [0, 0.1) is 29.6 Å². The van der Waals surface area contributed by atoms with Crippen molar-refractivity contribution in [2.45, 2.75) is 197 Å². The fraction of sp³-hybridized carbons (Fsp3) is 0.804. The third-order valence-corrected chi connectivity index (χ3v) is 17.0. The molecule has 0 bridgehead atoms. The van der Waals surface area contributed by atoms with Crippen molar-refractivity contribution in [2.75, 3.05) is 40.7 Å². The summed E-state index contributed by atoms with van der Waals surface area (Å²) in [4.78, 5) is 31.1. The van der Waals surface area contributed by atoms with Gasteiger partial charge in [-0.3, -0.25) is 14.3 Å². The lowest BCUT2D eigenvalue weighted by Crippen LogP contribution is -2.62. The molecular weight excluding hydrogens is 941 g/mol. The Kier molecular flexibility index (Phi) is 19.9. The number of nitrogens with zero attached hydrogens (tertiary/aromatic N) is 4. The van der Waals surface area contributed by atoms with E-state index in [0.717, 1.165) is 11.9 Å². The number of carbonyl (C=O) groups is 2. The highest BCUT2D eigenvalue weighted by atomic mass is 32.2. The first-order chi connectivity index (χ1) is 33.1. The van der Waals surface area contributed by atoms with E-state index in [9.17, 15) is 38.4 Å². The zero-order valence-corrected chi connectivity index (χ0v) is 45.2. The van der Waals surface area contributed by atoms with Gasteiger partial charge in [-0.15, -0.1) is 5.10 Å². The molecule has 19 nitrogen and oxygen atoms in total. The van der Waals surface area contributed by atoms with Gasteiger partial charge in [-0.25, -0.2) is 8.42 Å². The van der Waals surface area contributed by atoms with Crippen LogP contribution in [0.3, 0.4) is 0 Å². The molecule has 0 amide bonds. The Bertz CT molecular complexity index is 2160. The van der Waals surface area contributed by atoms with Gasteiger partial charge in [-0.1, -0.05) is 39.8 Å². The maximum atomic E-state index is 14.6. The van der Waals surface area contributed by atoms with E-state index in [4.69, 9.17) is 33.2 Å². The number of aryl methyl sites for hydroxylation is 1. The minimum Gasteiger partial charge on any atom is -0.494 e.